The second-order valence-corrected chi connectivity index (χ2v) is 4.92. The first-order valence-electron chi connectivity index (χ1n) is 7.66. The minimum atomic E-state index is 0.458. The molecule has 0 aliphatic carbocycles. The Balaban J connectivity index is 3.34. The number of rotatable bonds is 13. The Morgan fingerprint density at radius 2 is 1.41 bits per heavy atom. The van der Waals surface area contributed by atoms with Crippen molar-refractivity contribution in [2.45, 2.75) is 84.2 Å². The van der Waals surface area contributed by atoms with Gasteiger partial charge in [0, 0.05) is 6.61 Å². The summed E-state index contributed by atoms with van der Waals surface area (Å²) in [5.41, 5.74) is 5.54. The van der Waals surface area contributed by atoms with Crippen LogP contribution in [0.1, 0.15) is 78.1 Å². The maximum atomic E-state index is 5.73. The fourth-order valence-corrected chi connectivity index (χ4v) is 2.22. The number of hydrogen-bond acceptors (Lipinski definition) is 2. The Morgan fingerprint density at radius 3 is 2.00 bits per heavy atom. The van der Waals surface area contributed by atoms with Crippen LogP contribution in [0.15, 0.2) is 0 Å². The molecule has 0 fully saturated rings. The van der Waals surface area contributed by atoms with Crippen molar-refractivity contribution in [2.75, 3.05) is 13.2 Å². The molecule has 0 heterocycles. The molecule has 2 nitrogen and oxygen atoms in total. The van der Waals surface area contributed by atoms with E-state index in [9.17, 15) is 0 Å². The average Bonchev–Trinajstić information content (AvgIpc) is 2.34. The van der Waals surface area contributed by atoms with Gasteiger partial charge in [-0.05, 0) is 32.7 Å². The molecule has 2 N–H and O–H groups in total. The summed E-state index contributed by atoms with van der Waals surface area (Å²) in [7, 11) is 0. The molecule has 0 aliphatic heterocycles. The van der Waals surface area contributed by atoms with Crippen LogP contribution in [0, 0.1) is 0 Å². The van der Waals surface area contributed by atoms with Crippen molar-refractivity contribution in [3.63, 3.8) is 0 Å². The quantitative estimate of drug-likeness (QED) is 0.490. The Kier molecular flexibility index (Phi) is 13.9. The van der Waals surface area contributed by atoms with Crippen LogP contribution >= 0.6 is 0 Å². The minimum Gasteiger partial charge on any atom is -0.379 e. The molecule has 0 bridgehead atoms. The van der Waals surface area contributed by atoms with E-state index in [0.717, 1.165) is 26.0 Å². The highest BCUT2D eigenvalue weighted by molar-refractivity contribution is 4.59. The summed E-state index contributed by atoms with van der Waals surface area (Å²) in [6, 6.07) is 0. The smallest absolute Gasteiger partial charge is 0.0575 e. The van der Waals surface area contributed by atoms with Gasteiger partial charge >= 0.3 is 0 Å². The highest BCUT2D eigenvalue weighted by atomic mass is 16.5. The molecule has 0 spiro atoms. The van der Waals surface area contributed by atoms with E-state index in [1.165, 1.54) is 51.4 Å². The van der Waals surface area contributed by atoms with E-state index in [1.807, 2.05) is 0 Å². The zero-order valence-corrected chi connectivity index (χ0v) is 12.0. The van der Waals surface area contributed by atoms with E-state index in [2.05, 4.69) is 13.8 Å². The number of hydrogen-bond donors (Lipinski definition) is 1. The molecule has 0 aromatic heterocycles. The predicted octanol–water partition coefficient (Wildman–Crippen LogP) is 4.27. The Morgan fingerprint density at radius 1 is 0.824 bits per heavy atom. The van der Waals surface area contributed by atoms with Crippen molar-refractivity contribution in [3.05, 3.63) is 0 Å². The van der Waals surface area contributed by atoms with Crippen LogP contribution in [0.3, 0.4) is 0 Å². The lowest BCUT2D eigenvalue weighted by molar-refractivity contribution is 0.0479. The molecule has 0 radical (unpaired) electrons. The largest absolute Gasteiger partial charge is 0.379 e. The van der Waals surface area contributed by atoms with Crippen LogP contribution in [-0.2, 0) is 4.74 Å². The van der Waals surface area contributed by atoms with Crippen LogP contribution in [-0.4, -0.2) is 19.3 Å². The third-order valence-corrected chi connectivity index (χ3v) is 3.26. The highest BCUT2D eigenvalue weighted by Gasteiger charge is 2.07. The molecular formula is C15H33NO. The van der Waals surface area contributed by atoms with Gasteiger partial charge in [-0.25, -0.2) is 0 Å². The van der Waals surface area contributed by atoms with E-state index in [-0.39, 0.29) is 0 Å². The van der Waals surface area contributed by atoms with Crippen LogP contribution < -0.4 is 5.73 Å². The van der Waals surface area contributed by atoms with Crippen LogP contribution in [0.5, 0.6) is 0 Å². The zero-order chi connectivity index (χ0) is 12.8. The van der Waals surface area contributed by atoms with Crippen molar-refractivity contribution >= 4 is 0 Å². The second-order valence-electron chi connectivity index (χ2n) is 4.92. The summed E-state index contributed by atoms with van der Waals surface area (Å²) in [6.45, 7) is 5.98. The van der Waals surface area contributed by atoms with E-state index in [4.69, 9.17) is 10.5 Å². The van der Waals surface area contributed by atoms with Crippen molar-refractivity contribution in [1.82, 2.24) is 0 Å². The van der Waals surface area contributed by atoms with Crippen LogP contribution in [0.4, 0.5) is 0 Å². The molecule has 104 valence electrons. The van der Waals surface area contributed by atoms with E-state index < -0.39 is 0 Å². The summed E-state index contributed by atoms with van der Waals surface area (Å²) in [5, 5.41) is 0. The van der Waals surface area contributed by atoms with Gasteiger partial charge in [0.2, 0.25) is 0 Å². The summed E-state index contributed by atoms with van der Waals surface area (Å²) < 4.78 is 5.73. The SMILES string of the molecule is CCCCCCCCC[C@H](CCCN)OCC. The highest BCUT2D eigenvalue weighted by Crippen LogP contribution is 2.14. The molecule has 2 heteroatoms. The fourth-order valence-electron chi connectivity index (χ4n) is 2.22. The molecule has 0 rings (SSSR count). The molecule has 0 aromatic carbocycles. The topological polar surface area (TPSA) is 35.2 Å². The Labute approximate surface area is 108 Å². The van der Waals surface area contributed by atoms with E-state index >= 15 is 0 Å². The lowest BCUT2D eigenvalue weighted by atomic mass is 10.0. The van der Waals surface area contributed by atoms with Gasteiger partial charge in [0.05, 0.1) is 6.10 Å². The van der Waals surface area contributed by atoms with Crippen LogP contribution in [0.2, 0.25) is 0 Å². The molecule has 0 saturated carbocycles. The third kappa shape index (κ3) is 12.2. The van der Waals surface area contributed by atoms with Gasteiger partial charge in [-0.15, -0.1) is 0 Å². The van der Waals surface area contributed by atoms with Crippen LogP contribution in [0.25, 0.3) is 0 Å². The normalized spacial score (nSPS) is 12.9. The zero-order valence-electron chi connectivity index (χ0n) is 12.0. The van der Waals surface area contributed by atoms with Gasteiger partial charge in [0.1, 0.15) is 0 Å². The molecule has 17 heavy (non-hydrogen) atoms. The second kappa shape index (κ2) is 14.0. The first-order chi connectivity index (χ1) is 8.35. The number of nitrogens with two attached hydrogens (primary N) is 1. The van der Waals surface area contributed by atoms with Gasteiger partial charge in [0.15, 0.2) is 0 Å². The van der Waals surface area contributed by atoms with Gasteiger partial charge in [0.25, 0.3) is 0 Å². The van der Waals surface area contributed by atoms with Gasteiger partial charge in [-0.1, -0.05) is 51.9 Å². The minimum absolute atomic E-state index is 0.458. The first kappa shape index (κ1) is 16.9. The van der Waals surface area contributed by atoms with Crippen molar-refractivity contribution < 1.29 is 4.74 Å². The lowest BCUT2D eigenvalue weighted by Gasteiger charge is -2.16. The number of unbranched alkanes of at least 4 members (excludes halogenated alkanes) is 6. The first-order valence-corrected chi connectivity index (χ1v) is 7.66. The molecule has 0 saturated heterocycles. The molecule has 0 unspecified atom stereocenters. The Bertz CT molecular complexity index is 139. The van der Waals surface area contributed by atoms with Gasteiger partial charge in [-0.2, -0.15) is 0 Å². The van der Waals surface area contributed by atoms with Gasteiger partial charge < -0.3 is 10.5 Å². The molecule has 0 aromatic rings. The monoisotopic (exact) mass is 243 g/mol. The summed E-state index contributed by atoms with van der Waals surface area (Å²) in [4.78, 5) is 0. The molecule has 0 amide bonds. The van der Waals surface area contributed by atoms with E-state index in [1.54, 1.807) is 0 Å². The third-order valence-electron chi connectivity index (χ3n) is 3.26. The van der Waals surface area contributed by atoms with Crippen molar-refractivity contribution in [3.8, 4) is 0 Å². The number of ether oxygens (including phenoxy) is 1. The summed E-state index contributed by atoms with van der Waals surface area (Å²) in [6.07, 6.45) is 13.6. The lowest BCUT2D eigenvalue weighted by Crippen LogP contribution is -2.15. The standard InChI is InChI=1S/C15H33NO/c1-3-5-6-7-8-9-10-12-15(17-4-2)13-11-14-16/h15H,3-14,16H2,1-2H3/t15-/m1/s1. The maximum Gasteiger partial charge on any atom is 0.0575 e. The van der Waals surface area contributed by atoms with Crippen molar-refractivity contribution in [1.29, 1.82) is 0 Å². The Hall–Kier alpha value is -0.0800. The predicted molar refractivity (Wildman–Crippen MR) is 76.3 cm³/mol. The maximum absolute atomic E-state index is 5.73. The van der Waals surface area contributed by atoms with Crippen molar-refractivity contribution in [2.24, 2.45) is 5.73 Å². The summed E-state index contributed by atoms with van der Waals surface area (Å²) in [5.74, 6) is 0. The molecule has 1 atom stereocenters. The summed E-state index contributed by atoms with van der Waals surface area (Å²) >= 11 is 0. The molecule has 0 aliphatic rings. The fraction of sp³-hybridized carbons (Fsp3) is 1.00. The van der Waals surface area contributed by atoms with E-state index in [0.29, 0.717) is 6.10 Å². The average molecular weight is 243 g/mol. The molecular weight excluding hydrogens is 210 g/mol. The van der Waals surface area contributed by atoms with Gasteiger partial charge in [-0.3, -0.25) is 0 Å².